The van der Waals surface area contributed by atoms with Gasteiger partial charge in [-0.2, -0.15) is 0 Å². The monoisotopic (exact) mass is 259 g/mol. The maximum Gasteiger partial charge on any atom is 0.190 e. The Morgan fingerprint density at radius 2 is 2.21 bits per heavy atom. The van der Waals surface area contributed by atoms with Gasteiger partial charge in [0, 0.05) is 24.8 Å². The number of pyridine rings is 1. The molecule has 0 saturated carbocycles. The van der Waals surface area contributed by atoms with E-state index >= 15 is 0 Å². The van der Waals surface area contributed by atoms with Crippen molar-refractivity contribution in [2.24, 2.45) is 4.99 Å². The van der Waals surface area contributed by atoms with E-state index in [9.17, 15) is 4.39 Å². The van der Waals surface area contributed by atoms with E-state index in [1.807, 2.05) is 14.1 Å². The van der Waals surface area contributed by atoms with Crippen molar-refractivity contribution in [1.82, 2.24) is 9.88 Å². The minimum Gasteiger partial charge on any atom is -0.366 e. The van der Waals surface area contributed by atoms with E-state index in [0.29, 0.717) is 10.3 Å². The van der Waals surface area contributed by atoms with Gasteiger partial charge >= 0.3 is 0 Å². The van der Waals surface area contributed by atoms with Crippen molar-refractivity contribution >= 4 is 27.6 Å². The molecule has 0 aliphatic rings. The van der Waals surface area contributed by atoms with E-state index in [0.717, 1.165) is 0 Å². The second-order valence-corrected chi connectivity index (χ2v) is 3.93. The quantitative estimate of drug-likeness (QED) is 0.573. The molecule has 0 aliphatic heterocycles. The van der Waals surface area contributed by atoms with E-state index in [1.165, 1.54) is 12.3 Å². The number of halogens is 2. The van der Waals surface area contributed by atoms with E-state index in [2.05, 4.69) is 25.9 Å². The van der Waals surface area contributed by atoms with Gasteiger partial charge in [-0.05, 0) is 28.9 Å². The molecular weight excluding hydrogens is 249 g/mol. The lowest BCUT2D eigenvalue weighted by Crippen LogP contribution is -2.18. The second kappa shape index (κ2) is 4.50. The highest BCUT2D eigenvalue weighted by molar-refractivity contribution is 9.10. The fraction of sp³-hybridized carbons (Fsp3) is 0.333. The summed E-state index contributed by atoms with van der Waals surface area (Å²) in [6.07, 6.45) is 1.52. The molecule has 0 aliphatic carbocycles. The predicted molar refractivity (Wildman–Crippen MR) is 58.4 cm³/mol. The first-order chi connectivity index (χ1) is 6.50. The summed E-state index contributed by atoms with van der Waals surface area (Å²) in [6, 6.07) is 1.34. The van der Waals surface area contributed by atoms with Crippen molar-refractivity contribution in [2.45, 2.75) is 6.92 Å². The van der Waals surface area contributed by atoms with Crippen LogP contribution >= 0.6 is 15.9 Å². The number of aliphatic imine (C=N–C) groups is 1. The first-order valence-electron chi connectivity index (χ1n) is 4.04. The van der Waals surface area contributed by atoms with Crippen LogP contribution in [0.2, 0.25) is 0 Å². The molecule has 14 heavy (non-hydrogen) atoms. The number of aromatic nitrogens is 1. The van der Waals surface area contributed by atoms with Gasteiger partial charge in [0.25, 0.3) is 0 Å². The van der Waals surface area contributed by atoms with Crippen molar-refractivity contribution in [3.8, 4) is 0 Å². The van der Waals surface area contributed by atoms with Crippen molar-refractivity contribution in [3.63, 3.8) is 0 Å². The topological polar surface area (TPSA) is 28.5 Å². The Bertz CT molecular complexity index is 363. The van der Waals surface area contributed by atoms with Crippen LogP contribution in [0, 0.1) is 5.82 Å². The standard InChI is InChI=1S/C9H11BrFN3/c1-6(14(2)3)13-9-8(11)4-7(10)5-12-9/h4-5H,1-3H3/b13-6-. The zero-order valence-electron chi connectivity index (χ0n) is 8.25. The molecule has 0 N–H and O–H groups in total. The molecule has 1 aromatic rings. The number of rotatable bonds is 1. The average molecular weight is 260 g/mol. The van der Waals surface area contributed by atoms with Gasteiger partial charge in [-0.25, -0.2) is 14.4 Å². The van der Waals surface area contributed by atoms with Crippen molar-refractivity contribution < 1.29 is 4.39 Å². The molecule has 1 rings (SSSR count). The molecule has 0 radical (unpaired) electrons. The highest BCUT2D eigenvalue weighted by Gasteiger charge is 2.03. The predicted octanol–water partition coefficient (Wildman–Crippen LogP) is 2.59. The Balaban J connectivity index is 3.03. The number of hydrogen-bond acceptors (Lipinski definition) is 2. The van der Waals surface area contributed by atoms with Crippen LogP contribution in [0.25, 0.3) is 0 Å². The summed E-state index contributed by atoms with van der Waals surface area (Å²) < 4.78 is 13.9. The van der Waals surface area contributed by atoms with Gasteiger partial charge in [-0.1, -0.05) is 0 Å². The Morgan fingerprint density at radius 3 is 2.71 bits per heavy atom. The molecule has 0 spiro atoms. The van der Waals surface area contributed by atoms with Gasteiger partial charge in [0.15, 0.2) is 11.6 Å². The van der Waals surface area contributed by atoms with E-state index in [1.54, 1.807) is 11.8 Å². The van der Waals surface area contributed by atoms with Gasteiger partial charge in [0.1, 0.15) is 5.84 Å². The molecule has 0 atom stereocenters. The highest BCUT2D eigenvalue weighted by atomic mass is 79.9. The van der Waals surface area contributed by atoms with Gasteiger partial charge in [-0.15, -0.1) is 0 Å². The first kappa shape index (κ1) is 11.1. The summed E-state index contributed by atoms with van der Waals surface area (Å²) in [5.74, 6) is 0.388. The molecule has 0 aromatic carbocycles. The third-order valence-corrected chi connectivity index (χ3v) is 2.14. The zero-order valence-corrected chi connectivity index (χ0v) is 9.84. The minimum atomic E-state index is -0.430. The van der Waals surface area contributed by atoms with Crippen LogP contribution in [0.5, 0.6) is 0 Å². The van der Waals surface area contributed by atoms with E-state index in [4.69, 9.17) is 0 Å². The Labute approximate surface area is 90.8 Å². The van der Waals surface area contributed by atoms with Gasteiger partial charge < -0.3 is 4.90 Å². The smallest absolute Gasteiger partial charge is 0.190 e. The molecule has 0 bridgehead atoms. The zero-order chi connectivity index (χ0) is 10.7. The number of nitrogens with zero attached hydrogens (tertiary/aromatic N) is 3. The normalized spacial score (nSPS) is 11.6. The van der Waals surface area contributed by atoms with E-state index in [-0.39, 0.29) is 5.82 Å². The van der Waals surface area contributed by atoms with Crippen molar-refractivity contribution in [3.05, 3.63) is 22.6 Å². The van der Waals surface area contributed by atoms with Crippen LogP contribution in [-0.4, -0.2) is 29.8 Å². The maximum absolute atomic E-state index is 13.3. The van der Waals surface area contributed by atoms with Crippen LogP contribution in [0.3, 0.4) is 0 Å². The summed E-state index contributed by atoms with van der Waals surface area (Å²) in [4.78, 5) is 9.69. The van der Waals surface area contributed by atoms with Gasteiger partial charge in [0.05, 0.1) is 0 Å². The van der Waals surface area contributed by atoms with Crippen LogP contribution in [0.4, 0.5) is 10.2 Å². The summed E-state index contributed by atoms with van der Waals surface area (Å²) in [6.45, 7) is 1.79. The molecule has 1 heterocycles. The van der Waals surface area contributed by atoms with Crippen LogP contribution < -0.4 is 0 Å². The lowest BCUT2D eigenvalue weighted by atomic mass is 10.4. The van der Waals surface area contributed by atoms with Crippen molar-refractivity contribution in [1.29, 1.82) is 0 Å². The minimum absolute atomic E-state index is 0.111. The fourth-order valence-electron chi connectivity index (χ4n) is 0.743. The molecule has 3 nitrogen and oxygen atoms in total. The lowest BCUT2D eigenvalue weighted by Gasteiger charge is -2.10. The summed E-state index contributed by atoms with van der Waals surface area (Å²) in [7, 11) is 3.69. The fourth-order valence-corrected chi connectivity index (χ4v) is 1.05. The van der Waals surface area contributed by atoms with Crippen LogP contribution in [-0.2, 0) is 0 Å². The molecule has 0 unspecified atom stereocenters. The molecule has 0 amide bonds. The van der Waals surface area contributed by atoms with E-state index < -0.39 is 5.82 Å². The third-order valence-electron chi connectivity index (χ3n) is 1.70. The van der Waals surface area contributed by atoms with Crippen LogP contribution in [0.15, 0.2) is 21.7 Å². The average Bonchev–Trinajstić information content (AvgIpc) is 2.09. The maximum atomic E-state index is 13.3. The molecule has 0 fully saturated rings. The lowest BCUT2D eigenvalue weighted by molar-refractivity contribution is 0.608. The number of hydrogen-bond donors (Lipinski definition) is 0. The largest absolute Gasteiger partial charge is 0.366 e. The SMILES string of the molecule is C/C(=N/c1ncc(Br)cc1F)N(C)C. The molecule has 76 valence electrons. The molecule has 0 saturated heterocycles. The molecule has 5 heteroatoms. The Hall–Kier alpha value is -0.970. The highest BCUT2D eigenvalue weighted by Crippen LogP contribution is 2.18. The third kappa shape index (κ3) is 2.77. The summed E-state index contributed by atoms with van der Waals surface area (Å²) >= 11 is 3.13. The summed E-state index contributed by atoms with van der Waals surface area (Å²) in [5.41, 5.74) is 0. The molecular formula is C9H11BrFN3. The number of amidine groups is 1. The first-order valence-corrected chi connectivity index (χ1v) is 4.83. The Morgan fingerprint density at radius 1 is 1.57 bits per heavy atom. The van der Waals surface area contributed by atoms with Gasteiger partial charge in [-0.3, -0.25) is 0 Å². The van der Waals surface area contributed by atoms with Crippen molar-refractivity contribution in [2.75, 3.05) is 14.1 Å². The van der Waals surface area contributed by atoms with Gasteiger partial charge in [0.2, 0.25) is 0 Å². The molecule has 1 aromatic heterocycles. The second-order valence-electron chi connectivity index (χ2n) is 3.01. The summed E-state index contributed by atoms with van der Waals surface area (Å²) in [5, 5.41) is 0. The Kier molecular flexibility index (Phi) is 3.57. The van der Waals surface area contributed by atoms with Crippen LogP contribution in [0.1, 0.15) is 6.92 Å².